The van der Waals surface area contributed by atoms with E-state index in [-0.39, 0.29) is 0 Å². The van der Waals surface area contributed by atoms with Crippen LogP contribution in [-0.2, 0) is 6.42 Å². The van der Waals surface area contributed by atoms with E-state index in [1.807, 2.05) is 30.3 Å². The van der Waals surface area contributed by atoms with Gasteiger partial charge in [-0.15, -0.1) is 0 Å². The van der Waals surface area contributed by atoms with Crippen molar-refractivity contribution in [2.45, 2.75) is 19.8 Å². The molecule has 3 rings (SSSR count). The van der Waals surface area contributed by atoms with Gasteiger partial charge in [0.15, 0.2) is 11.5 Å². The van der Waals surface area contributed by atoms with E-state index in [9.17, 15) is 0 Å². The second-order valence-electron chi connectivity index (χ2n) is 5.19. The first-order chi connectivity index (χ1) is 10.8. The van der Waals surface area contributed by atoms with Crippen LogP contribution < -0.4 is 19.5 Å². The maximum absolute atomic E-state index is 5.73. The number of aryl methyl sites for hydroxylation is 1. The fourth-order valence-corrected chi connectivity index (χ4v) is 2.32. The minimum Gasteiger partial charge on any atom is -0.494 e. The molecule has 1 aliphatic rings. The van der Waals surface area contributed by atoms with Crippen molar-refractivity contribution in [2.75, 3.05) is 25.3 Å². The number of ether oxygens (including phenoxy) is 3. The number of hydrogen-bond acceptors (Lipinski definition) is 4. The largest absolute Gasteiger partial charge is 0.494 e. The van der Waals surface area contributed by atoms with Crippen molar-refractivity contribution in [3.05, 3.63) is 48.0 Å². The highest BCUT2D eigenvalue weighted by molar-refractivity contribution is 5.55. The molecule has 0 bridgehead atoms. The first kappa shape index (κ1) is 14.6. The van der Waals surface area contributed by atoms with E-state index < -0.39 is 0 Å². The fourth-order valence-electron chi connectivity index (χ4n) is 2.32. The molecular formula is C18H21NO3. The van der Waals surface area contributed by atoms with Crippen molar-refractivity contribution < 1.29 is 14.2 Å². The number of benzene rings is 2. The molecule has 116 valence electrons. The Labute approximate surface area is 131 Å². The summed E-state index contributed by atoms with van der Waals surface area (Å²) in [5.74, 6) is 2.54. The maximum Gasteiger partial charge on any atom is 0.231 e. The molecule has 2 aromatic rings. The summed E-state index contributed by atoms with van der Waals surface area (Å²) in [6, 6.07) is 14.2. The van der Waals surface area contributed by atoms with Crippen LogP contribution in [0.5, 0.6) is 17.2 Å². The van der Waals surface area contributed by atoms with Gasteiger partial charge in [-0.25, -0.2) is 0 Å². The SMILES string of the molecule is CCc1ccc(OCCCNc2ccc3c(c2)OCO3)cc1. The number of rotatable bonds is 7. The molecule has 0 radical (unpaired) electrons. The minimum absolute atomic E-state index is 0.309. The second kappa shape index (κ2) is 7.07. The second-order valence-corrected chi connectivity index (χ2v) is 5.19. The number of hydrogen-bond donors (Lipinski definition) is 1. The highest BCUT2D eigenvalue weighted by Crippen LogP contribution is 2.34. The van der Waals surface area contributed by atoms with Crippen molar-refractivity contribution in [1.29, 1.82) is 0 Å². The van der Waals surface area contributed by atoms with Gasteiger partial charge < -0.3 is 19.5 Å². The van der Waals surface area contributed by atoms with E-state index in [2.05, 4.69) is 24.4 Å². The van der Waals surface area contributed by atoms with Crippen molar-refractivity contribution in [3.63, 3.8) is 0 Å². The molecule has 0 atom stereocenters. The standard InChI is InChI=1S/C18H21NO3/c1-2-14-4-7-16(8-5-14)20-11-3-10-19-15-6-9-17-18(12-15)22-13-21-17/h4-9,12,19H,2-3,10-11,13H2,1H3. The molecule has 2 aromatic carbocycles. The van der Waals surface area contributed by atoms with Crippen molar-refractivity contribution in [2.24, 2.45) is 0 Å². The third-order valence-electron chi connectivity index (χ3n) is 3.62. The summed E-state index contributed by atoms with van der Waals surface area (Å²) in [7, 11) is 0. The monoisotopic (exact) mass is 299 g/mol. The predicted octanol–water partition coefficient (Wildman–Crippen LogP) is 3.86. The third-order valence-corrected chi connectivity index (χ3v) is 3.62. The quantitative estimate of drug-likeness (QED) is 0.788. The van der Waals surface area contributed by atoms with Crippen LogP contribution in [0.4, 0.5) is 5.69 Å². The summed E-state index contributed by atoms with van der Waals surface area (Å²) in [4.78, 5) is 0. The lowest BCUT2D eigenvalue weighted by Crippen LogP contribution is -2.07. The average Bonchev–Trinajstić information content (AvgIpc) is 3.03. The fraction of sp³-hybridized carbons (Fsp3) is 0.333. The molecule has 0 saturated heterocycles. The Balaban J connectivity index is 1.38. The van der Waals surface area contributed by atoms with Crippen LogP contribution in [0.3, 0.4) is 0 Å². The van der Waals surface area contributed by atoms with Crippen LogP contribution in [0.15, 0.2) is 42.5 Å². The van der Waals surface area contributed by atoms with Gasteiger partial charge in [-0.1, -0.05) is 19.1 Å². The highest BCUT2D eigenvalue weighted by atomic mass is 16.7. The van der Waals surface area contributed by atoms with Gasteiger partial charge in [-0.2, -0.15) is 0 Å². The van der Waals surface area contributed by atoms with E-state index in [0.29, 0.717) is 13.4 Å². The Bertz CT molecular complexity index is 610. The Kier molecular flexibility index (Phi) is 4.68. The Morgan fingerprint density at radius 3 is 2.68 bits per heavy atom. The molecule has 1 heterocycles. The molecule has 4 nitrogen and oxygen atoms in total. The van der Waals surface area contributed by atoms with Gasteiger partial charge in [0.25, 0.3) is 0 Å². The van der Waals surface area contributed by atoms with Gasteiger partial charge >= 0.3 is 0 Å². The van der Waals surface area contributed by atoms with Crippen LogP contribution in [0.25, 0.3) is 0 Å². The van der Waals surface area contributed by atoms with Crippen LogP contribution in [0.2, 0.25) is 0 Å². The molecule has 0 aromatic heterocycles. The summed E-state index contributed by atoms with van der Waals surface area (Å²) in [5.41, 5.74) is 2.37. The summed E-state index contributed by atoms with van der Waals surface area (Å²) >= 11 is 0. The summed E-state index contributed by atoms with van der Waals surface area (Å²) in [6.45, 7) is 4.01. The first-order valence-corrected chi connectivity index (χ1v) is 7.70. The van der Waals surface area contributed by atoms with Gasteiger partial charge in [0.05, 0.1) is 6.61 Å². The topological polar surface area (TPSA) is 39.7 Å². The smallest absolute Gasteiger partial charge is 0.231 e. The molecule has 0 amide bonds. The van der Waals surface area contributed by atoms with E-state index >= 15 is 0 Å². The predicted molar refractivity (Wildman–Crippen MR) is 87.0 cm³/mol. The number of anilines is 1. The lowest BCUT2D eigenvalue weighted by atomic mass is 10.2. The van der Waals surface area contributed by atoms with Gasteiger partial charge in [0, 0.05) is 18.3 Å². The molecule has 0 unspecified atom stereocenters. The molecule has 1 aliphatic heterocycles. The Morgan fingerprint density at radius 2 is 1.86 bits per heavy atom. The lowest BCUT2D eigenvalue weighted by Gasteiger charge is -2.09. The van der Waals surface area contributed by atoms with Crippen LogP contribution in [-0.4, -0.2) is 19.9 Å². The van der Waals surface area contributed by atoms with Crippen LogP contribution in [0, 0.1) is 0 Å². The number of nitrogens with one attached hydrogen (secondary N) is 1. The van der Waals surface area contributed by atoms with Gasteiger partial charge in [0.1, 0.15) is 5.75 Å². The van der Waals surface area contributed by atoms with Crippen LogP contribution >= 0.6 is 0 Å². The number of fused-ring (bicyclic) bond motifs is 1. The molecule has 4 heteroatoms. The van der Waals surface area contributed by atoms with Crippen LogP contribution in [0.1, 0.15) is 18.9 Å². The summed E-state index contributed by atoms with van der Waals surface area (Å²) in [5, 5.41) is 3.36. The Hall–Kier alpha value is -2.36. The third kappa shape index (κ3) is 3.64. The average molecular weight is 299 g/mol. The van der Waals surface area contributed by atoms with E-state index in [1.165, 1.54) is 5.56 Å². The van der Waals surface area contributed by atoms with Crippen molar-refractivity contribution >= 4 is 5.69 Å². The van der Waals surface area contributed by atoms with E-state index in [0.717, 1.165) is 42.3 Å². The molecule has 0 aliphatic carbocycles. The van der Waals surface area contributed by atoms with Gasteiger partial charge in [-0.05, 0) is 42.7 Å². The zero-order valence-electron chi connectivity index (χ0n) is 12.8. The molecule has 1 N–H and O–H groups in total. The molecule has 0 fully saturated rings. The highest BCUT2D eigenvalue weighted by Gasteiger charge is 2.12. The van der Waals surface area contributed by atoms with E-state index in [1.54, 1.807) is 0 Å². The van der Waals surface area contributed by atoms with Crippen molar-refractivity contribution in [3.8, 4) is 17.2 Å². The van der Waals surface area contributed by atoms with Crippen molar-refractivity contribution in [1.82, 2.24) is 0 Å². The van der Waals surface area contributed by atoms with E-state index in [4.69, 9.17) is 14.2 Å². The summed E-state index contributed by atoms with van der Waals surface area (Å²) in [6.07, 6.45) is 1.99. The zero-order chi connectivity index (χ0) is 15.2. The lowest BCUT2D eigenvalue weighted by molar-refractivity contribution is 0.174. The molecule has 0 saturated carbocycles. The summed E-state index contributed by atoms with van der Waals surface area (Å²) < 4.78 is 16.4. The Morgan fingerprint density at radius 1 is 1.05 bits per heavy atom. The molecule has 0 spiro atoms. The van der Waals surface area contributed by atoms with Gasteiger partial charge in [-0.3, -0.25) is 0 Å². The zero-order valence-corrected chi connectivity index (χ0v) is 12.8. The molecule has 22 heavy (non-hydrogen) atoms. The van der Waals surface area contributed by atoms with Gasteiger partial charge in [0.2, 0.25) is 6.79 Å². The maximum atomic E-state index is 5.73. The first-order valence-electron chi connectivity index (χ1n) is 7.70. The normalized spacial score (nSPS) is 12.2. The minimum atomic E-state index is 0.309. The molecular weight excluding hydrogens is 278 g/mol.